The van der Waals surface area contributed by atoms with Crippen molar-refractivity contribution < 1.29 is 9.53 Å². The van der Waals surface area contributed by atoms with Gasteiger partial charge in [0.25, 0.3) is 5.91 Å². The molecule has 2 rings (SSSR count). The summed E-state index contributed by atoms with van der Waals surface area (Å²) >= 11 is 2.22. The van der Waals surface area contributed by atoms with Crippen LogP contribution in [0.4, 0.5) is 5.69 Å². The maximum Gasteiger partial charge on any atom is 0.255 e. The number of nitrogens with one attached hydrogen (secondary N) is 1. The molecule has 20 heavy (non-hydrogen) atoms. The monoisotopic (exact) mass is 382 g/mol. The smallest absolute Gasteiger partial charge is 0.255 e. The third kappa shape index (κ3) is 3.63. The second kappa shape index (κ2) is 6.60. The highest BCUT2D eigenvalue weighted by Gasteiger charge is 2.13. The van der Waals surface area contributed by atoms with E-state index in [9.17, 15) is 4.79 Å². The Labute approximate surface area is 131 Å². The van der Waals surface area contributed by atoms with E-state index >= 15 is 0 Å². The zero-order chi connectivity index (χ0) is 14.5. The van der Waals surface area contributed by atoms with Gasteiger partial charge in [-0.3, -0.25) is 4.79 Å². The summed E-state index contributed by atoms with van der Waals surface area (Å²) in [5.41, 5.74) is 6.79. The molecule has 0 aliphatic rings. The van der Waals surface area contributed by atoms with Crippen LogP contribution in [0.1, 0.15) is 17.3 Å². The standard InChI is InChI=1S/C15H15IN2O2/c1-2-18-15(19)13-8-5-11(17)9-14(13)20-12-6-3-10(16)4-7-12/h3-9H,2,17H2,1H3,(H,18,19). The number of nitrogens with two attached hydrogens (primary N) is 1. The minimum atomic E-state index is -0.173. The molecule has 2 aromatic rings. The lowest BCUT2D eigenvalue weighted by atomic mass is 10.1. The number of carbonyl (C=O) groups excluding carboxylic acids is 1. The lowest BCUT2D eigenvalue weighted by Gasteiger charge is -2.11. The van der Waals surface area contributed by atoms with Gasteiger partial charge in [0.05, 0.1) is 5.56 Å². The van der Waals surface area contributed by atoms with E-state index in [1.54, 1.807) is 18.2 Å². The van der Waals surface area contributed by atoms with Crippen molar-refractivity contribution in [3.8, 4) is 11.5 Å². The quantitative estimate of drug-likeness (QED) is 0.629. The molecule has 3 N–H and O–H groups in total. The lowest BCUT2D eigenvalue weighted by Crippen LogP contribution is -2.23. The van der Waals surface area contributed by atoms with Crippen molar-refractivity contribution in [2.24, 2.45) is 0 Å². The van der Waals surface area contributed by atoms with Crippen molar-refractivity contribution in [2.45, 2.75) is 6.92 Å². The summed E-state index contributed by atoms with van der Waals surface area (Å²) in [4.78, 5) is 12.0. The fraction of sp³-hybridized carbons (Fsp3) is 0.133. The molecule has 0 saturated carbocycles. The number of benzene rings is 2. The summed E-state index contributed by atoms with van der Waals surface area (Å²) < 4.78 is 6.89. The zero-order valence-corrected chi connectivity index (χ0v) is 13.2. The largest absolute Gasteiger partial charge is 0.456 e. The molecular formula is C15H15IN2O2. The van der Waals surface area contributed by atoms with Gasteiger partial charge in [-0.2, -0.15) is 0 Å². The predicted molar refractivity (Wildman–Crippen MR) is 88.1 cm³/mol. The van der Waals surface area contributed by atoms with Gasteiger partial charge >= 0.3 is 0 Å². The van der Waals surface area contributed by atoms with Gasteiger partial charge in [0.1, 0.15) is 11.5 Å². The van der Waals surface area contributed by atoms with Crippen molar-refractivity contribution in [1.82, 2.24) is 5.32 Å². The van der Waals surface area contributed by atoms with Crippen LogP contribution in [-0.2, 0) is 0 Å². The van der Waals surface area contributed by atoms with E-state index in [1.807, 2.05) is 31.2 Å². The van der Waals surface area contributed by atoms with Crippen molar-refractivity contribution >= 4 is 34.2 Å². The van der Waals surface area contributed by atoms with Gasteiger partial charge in [-0.25, -0.2) is 0 Å². The third-order valence-corrected chi connectivity index (χ3v) is 3.35. The molecule has 0 radical (unpaired) electrons. The molecule has 0 saturated heterocycles. The predicted octanol–water partition coefficient (Wildman–Crippen LogP) is 3.42. The zero-order valence-electron chi connectivity index (χ0n) is 11.0. The molecule has 0 fully saturated rings. The molecular weight excluding hydrogens is 367 g/mol. The first kappa shape index (κ1) is 14.6. The number of halogens is 1. The Balaban J connectivity index is 2.31. The van der Waals surface area contributed by atoms with Gasteiger partial charge in [0, 0.05) is 21.9 Å². The number of ether oxygens (including phenoxy) is 1. The van der Waals surface area contributed by atoms with E-state index in [-0.39, 0.29) is 5.91 Å². The van der Waals surface area contributed by atoms with Crippen LogP contribution < -0.4 is 15.8 Å². The molecule has 104 valence electrons. The summed E-state index contributed by atoms with van der Waals surface area (Å²) in [5, 5.41) is 2.76. The maximum absolute atomic E-state index is 12.0. The number of carbonyl (C=O) groups is 1. The van der Waals surface area contributed by atoms with Crippen molar-refractivity contribution in [3.05, 3.63) is 51.6 Å². The van der Waals surface area contributed by atoms with Crippen LogP contribution in [0.2, 0.25) is 0 Å². The average Bonchev–Trinajstić information content (AvgIpc) is 2.42. The molecule has 0 unspecified atom stereocenters. The topological polar surface area (TPSA) is 64.4 Å². The third-order valence-electron chi connectivity index (χ3n) is 2.63. The van der Waals surface area contributed by atoms with Crippen LogP contribution in [0.25, 0.3) is 0 Å². The van der Waals surface area contributed by atoms with Gasteiger partial charge in [-0.1, -0.05) is 0 Å². The number of anilines is 1. The highest BCUT2D eigenvalue weighted by Crippen LogP contribution is 2.28. The molecule has 1 amide bonds. The number of nitrogen functional groups attached to an aromatic ring is 1. The first-order valence-corrected chi connectivity index (χ1v) is 7.29. The minimum absolute atomic E-state index is 0.173. The number of amides is 1. The molecule has 0 atom stereocenters. The van der Waals surface area contributed by atoms with Crippen LogP contribution in [0.15, 0.2) is 42.5 Å². The average molecular weight is 382 g/mol. The Morgan fingerprint density at radius 3 is 2.60 bits per heavy atom. The second-order valence-electron chi connectivity index (χ2n) is 4.17. The summed E-state index contributed by atoms with van der Waals surface area (Å²) in [6.45, 7) is 2.43. The van der Waals surface area contributed by atoms with E-state index in [2.05, 4.69) is 27.9 Å². The number of hydrogen-bond acceptors (Lipinski definition) is 3. The van der Waals surface area contributed by atoms with Crippen LogP contribution in [0.5, 0.6) is 11.5 Å². The lowest BCUT2D eigenvalue weighted by molar-refractivity contribution is 0.0953. The van der Waals surface area contributed by atoms with Gasteiger partial charge in [-0.15, -0.1) is 0 Å². The molecule has 0 aliphatic carbocycles. The Bertz CT molecular complexity index is 612. The fourth-order valence-corrected chi connectivity index (χ4v) is 2.06. The van der Waals surface area contributed by atoms with E-state index < -0.39 is 0 Å². The van der Waals surface area contributed by atoms with Crippen LogP contribution in [0.3, 0.4) is 0 Å². The van der Waals surface area contributed by atoms with E-state index in [0.29, 0.717) is 29.3 Å². The van der Waals surface area contributed by atoms with Gasteiger partial charge in [-0.05, 0) is 65.9 Å². The minimum Gasteiger partial charge on any atom is -0.456 e. The van der Waals surface area contributed by atoms with E-state index in [0.717, 1.165) is 3.57 Å². The van der Waals surface area contributed by atoms with E-state index in [4.69, 9.17) is 10.5 Å². The van der Waals surface area contributed by atoms with Gasteiger partial charge < -0.3 is 15.8 Å². The van der Waals surface area contributed by atoms with Crippen LogP contribution in [-0.4, -0.2) is 12.5 Å². The molecule has 0 heterocycles. The Morgan fingerprint density at radius 2 is 1.95 bits per heavy atom. The molecule has 0 spiro atoms. The summed E-state index contributed by atoms with van der Waals surface area (Å²) in [6, 6.07) is 12.6. The summed E-state index contributed by atoms with van der Waals surface area (Å²) in [7, 11) is 0. The first-order chi connectivity index (χ1) is 9.60. The van der Waals surface area contributed by atoms with Crippen molar-refractivity contribution in [2.75, 3.05) is 12.3 Å². The second-order valence-corrected chi connectivity index (χ2v) is 5.42. The number of rotatable bonds is 4. The van der Waals surface area contributed by atoms with Gasteiger partial charge in [0.15, 0.2) is 0 Å². The van der Waals surface area contributed by atoms with Crippen molar-refractivity contribution in [1.29, 1.82) is 0 Å². The first-order valence-electron chi connectivity index (χ1n) is 6.21. The summed E-state index contributed by atoms with van der Waals surface area (Å²) in [5.74, 6) is 0.951. The molecule has 0 bridgehead atoms. The highest BCUT2D eigenvalue weighted by molar-refractivity contribution is 14.1. The molecule has 2 aromatic carbocycles. The Morgan fingerprint density at radius 1 is 1.25 bits per heavy atom. The Hall–Kier alpha value is -1.76. The SMILES string of the molecule is CCNC(=O)c1ccc(N)cc1Oc1ccc(I)cc1. The van der Waals surface area contributed by atoms with Crippen LogP contribution >= 0.6 is 22.6 Å². The Kier molecular flexibility index (Phi) is 4.84. The molecule has 5 heteroatoms. The maximum atomic E-state index is 12.0. The van der Waals surface area contributed by atoms with Crippen LogP contribution in [0, 0.1) is 3.57 Å². The number of hydrogen-bond donors (Lipinski definition) is 2. The molecule has 0 aliphatic heterocycles. The van der Waals surface area contributed by atoms with Gasteiger partial charge in [0.2, 0.25) is 0 Å². The molecule has 0 aromatic heterocycles. The fourth-order valence-electron chi connectivity index (χ4n) is 1.70. The normalized spacial score (nSPS) is 10.1. The summed E-state index contributed by atoms with van der Waals surface area (Å²) in [6.07, 6.45) is 0. The highest BCUT2D eigenvalue weighted by atomic mass is 127. The molecule has 4 nitrogen and oxygen atoms in total. The van der Waals surface area contributed by atoms with E-state index in [1.165, 1.54) is 0 Å². The van der Waals surface area contributed by atoms with Crippen molar-refractivity contribution in [3.63, 3.8) is 0 Å².